The Labute approximate surface area is 79.3 Å². The summed E-state index contributed by atoms with van der Waals surface area (Å²) in [7, 11) is 1.71. The fourth-order valence-corrected chi connectivity index (χ4v) is 1.39. The molecule has 0 saturated heterocycles. The first-order chi connectivity index (χ1) is 6.59. The van der Waals surface area contributed by atoms with Gasteiger partial charge in [0, 0.05) is 13.1 Å². The second kappa shape index (κ2) is 2.76. The lowest BCUT2D eigenvalue weighted by molar-refractivity contribution is -0.383. The third-order valence-corrected chi connectivity index (χ3v) is 2.04. The molecule has 0 saturated carbocycles. The zero-order valence-corrected chi connectivity index (χ0v) is 7.76. The molecule has 1 heterocycles. The molecule has 0 aliphatic carbocycles. The maximum absolute atomic E-state index is 10.7. The molecule has 0 bridgehead atoms. The summed E-state index contributed by atoms with van der Waals surface area (Å²) in [6.45, 7) is 1.80. The smallest absolute Gasteiger partial charge is 0.258 e. The maximum Gasteiger partial charge on any atom is 0.299 e. The topological polar surface area (TPSA) is 73.8 Å². The molecule has 0 radical (unpaired) electrons. The average Bonchev–Trinajstić information content (AvgIpc) is 2.47. The number of hydrogen-bond donors (Lipinski definition) is 0. The van der Waals surface area contributed by atoms with Crippen LogP contribution in [0.2, 0.25) is 0 Å². The fraction of sp³-hybridized carbons (Fsp3) is 0.250. The van der Waals surface area contributed by atoms with Gasteiger partial charge in [-0.1, -0.05) is 5.21 Å². The van der Waals surface area contributed by atoms with Gasteiger partial charge in [-0.05, 0) is 18.6 Å². The van der Waals surface area contributed by atoms with Gasteiger partial charge in [0.25, 0.3) is 5.69 Å². The monoisotopic (exact) mass is 192 g/mol. The van der Waals surface area contributed by atoms with E-state index in [1.54, 1.807) is 14.0 Å². The standard InChI is InChI=1S/C8H8N4O2/c1-5-3-6-8(9-10-11(6)2)7(4-5)12(13)14/h3-4H,1-2H3. The van der Waals surface area contributed by atoms with Gasteiger partial charge in [-0.15, -0.1) is 5.10 Å². The van der Waals surface area contributed by atoms with Crippen LogP contribution in [-0.2, 0) is 7.05 Å². The Kier molecular flexibility index (Phi) is 1.70. The van der Waals surface area contributed by atoms with Gasteiger partial charge in [-0.2, -0.15) is 0 Å². The van der Waals surface area contributed by atoms with E-state index < -0.39 is 4.92 Å². The molecular weight excluding hydrogens is 184 g/mol. The van der Waals surface area contributed by atoms with Crippen LogP contribution in [0.3, 0.4) is 0 Å². The lowest BCUT2D eigenvalue weighted by atomic mass is 10.2. The normalized spacial score (nSPS) is 10.7. The summed E-state index contributed by atoms with van der Waals surface area (Å²) in [5.74, 6) is 0. The van der Waals surface area contributed by atoms with E-state index in [2.05, 4.69) is 10.3 Å². The number of hydrogen-bond acceptors (Lipinski definition) is 4. The zero-order chi connectivity index (χ0) is 10.3. The minimum atomic E-state index is -0.440. The van der Waals surface area contributed by atoms with Crippen LogP contribution in [0.5, 0.6) is 0 Å². The first kappa shape index (κ1) is 8.61. The van der Waals surface area contributed by atoms with Crippen molar-refractivity contribution in [3.63, 3.8) is 0 Å². The number of benzene rings is 1. The Morgan fingerprint density at radius 2 is 2.21 bits per heavy atom. The molecule has 2 rings (SSSR count). The van der Waals surface area contributed by atoms with Crippen molar-refractivity contribution in [2.24, 2.45) is 7.05 Å². The Balaban J connectivity index is 2.88. The summed E-state index contributed by atoms with van der Waals surface area (Å²) < 4.78 is 1.52. The van der Waals surface area contributed by atoms with Gasteiger partial charge in [-0.3, -0.25) is 10.1 Å². The van der Waals surface area contributed by atoms with Crippen molar-refractivity contribution in [2.45, 2.75) is 6.92 Å². The van der Waals surface area contributed by atoms with Crippen LogP contribution in [0.4, 0.5) is 5.69 Å². The third kappa shape index (κ3) is 1.12. The summed E-state index contributed by atoms with van der Waals surface area (Å²) in [4.78, 5) is 10.3. The van der Waals surface area contributed by atoms with Crippen LogP contribution >= 0.6 is 0 Å². The van der Waals surface area contributed by atoms with E-state index in [0.717, 1.165) is 5.56 Å². The summed E-state index contributed by atoms with van der Waals surface area (Å²) in [6.07, 6.45) is 0. The van der Waals surface area contributed by atoms with Gasteiger partial charge < -0.3 is 0 Å². The van der Waals surface area contributed by atoms with Crippen molar-refractivity contribution in [3.8, 4) is 0 Å². The molecule has 72 valence electrons. The van der Waals surface area contributed by atoms with Crippen molar-refractivity contribution < 1.29 is 4.92 Å². The van der Waals surface area contributed by atoms with Crippen molar-refractivity contribution in [3.05, 3.63) is 27.8 Å². The van der Waals surface area contributed by atoms with E-state index in [-0.39, 0.29) is 5.69 Å². The quantitative estimate of drug-likeness (QED) is 0.502. The predicted octanol–water partition coefficient (Wildman–Crippen LogP) is 1.18. The lowest BCUT2D eigenvalue weighted by Crippen LogP contribution is -1.92. The van der Waals surface area contributed by atoms with Crippen molar-refractivity contribution in [1.29, 1.82) is 0 Å². The third-order valence-electron chi connectivity index (χ3n) is 2.04. The van der Waals surface area contributed by atoms with Gasteiger partial charge in [0.2, 0.25) is 0 Å². The van der Waals surface area contributed by atoms with Crippen molar-refractivity contribution in [1.82, 2.24) is 15.0 Å². The number of nitro groups is 1. The number of fused-ring (bicyclic) bond motifs is 1. The molecule has 0 fully saturated rings. The van der Waals surface area contributed by atoms with E-state index in [9.17, 15) is 10.1 Å². The van der Waals surface area contributed by atoms with E-state index in [1.807, 2.05) is 6.07 Å². The number of rotatable bonds is 1. The molecule has 6 nitrogen and oxygen atoms in total. The van der Waals surface area contributed by atoms with E-state index in [4.69, 9.17) is 0 Å². The summed E-state index contributed by atoms with van der Waals surface area (Å²) in [5, 5.41) is 18.2. The molecule has 6 heteroatoms. The highest BCUT2D eigenvalue weighted by atomic mass is 16.6. The summed E-state index contributed by atoms with van der Waals surface area (Å²) in [5.41, 5.74) is 1.85. The number of nitro benzene ring substituents is 1. The lowest BCUT2D eigenvalue weighted by Gasteiger charge is -1.96. The van der Waals surface area contributed by atoms with Gasteiger partial charge in [0.05, 0.1) is 10.4 Å². The van der Waals surface area contributed by atoms with Crippen molar-refractivity contribution >= 4 is 16.7 Å². The van der Waals surface area contributed by atoms with Gasteiger partial charge in [-0.25, -0.2) is 4.68 Å². The van der Waals surface area contributed by atoms with E-state index >= 15 is 0 Å². The van der Waals surface area contributed by atoms with Crippen LogP contribution < -0.4 is 0 Å². The minimum absolute atomic E-state index is 0.00750. The number of non-ortho nitro benzene ring substituents is 1. The highest BCUT2D eigenvalue weighted by Crippen LogP contribution is 2.24. The summed E-state index contributed by atoms with van der Waals surface area (Å²) >= 11 is 0. The maximum atomic E-state index is 10.7. The SMILES string of the molecule is Cc1cc([N+](=O)[O-])c2nnn(C)c2c1. The Morgan fingerprint density at radius 1 is 1.50 bits per heavy atom. The predicted molar refractivity (Wildman–Crippen MR) is 49.9 cm³/mol. The van der Waals surface area contributed by atoms with Crippen LogP contribution in [-0.4, -0.2) is 19.9 Å². The number of aromatic nitrogens is 3. The number of aryl methyl sites for hydroxylation is 2. The molecular formula is C8H8N4O2. The molecule has 0 spiro atoms. The van der Waals surface area contributed by atoms with Gasteiger partial charge in [0.15, 0.2) is 5.52 Å². The average molecular weight is 192 g/mol. The van der Waals surface area contributed by atoms with E-state index in [0.29, 0.717) is 11.0 Å². The largest absolute Gasteiger partial charge is 0.299 e. The molecule has 2 aromatic rings. The highest BCUT2D eigenvalue weighted by molar-refractivity contribution is 5.84. The molecule has 0 unspecified atom stereocenters. The Bertz CT molecular complexity index is 517. The molecule has 0 atom stereocenters. The molecule has 0 aliphatic rings. The fourth-order valence-electron chi connectivity index (χ4n) is 1.39. The molecule has 0 aliphatic heterocycles. The summed E-state index contributed by atoms with van der Waals surface area (Å²) in [6, 6.07) is 3.32. The first-order valence-corrected chi connectivity index (χ1v) is 4.04. The van der Waals surface area contributed by atoms with Crippen LogP contribution in [0.25, 0.3) is 11.0 Å². The van der Waals surface area contributed by atoms with Crippen molar-refractivity contribution in [2.75, 3.05) is 0 Å². The molecule has 14 heavy (non-hydrogen) atoms. The molecule has 1 aromatic heterocycles. The number of nitrogens with zero attached hydrogens (tertiary/aromatic N) is 4. The van der Waals surface area contributed by atoms with Crippen LogP contribution in [0.15, 0.2) is 12.1 Å². The second-order valence-corrected chi connectivity index (χ2v) is 3.12. The first-order valence-electron chi connectivity index (χ1n) is 4.04. The Morgan fingerprint density at radius 3 is 2.86 bits per heavy atom. The van der Waals surface area contributed by atoms with Gasteiger partial charge >= 0.3 is 0 Å². The zero-order valence-electron chi connectivity index (χ0n) is 7.76. The molecule has 1 aromatic carbocycles. The second-order valence-electron chi connectivity index (χ2n) is 3.12. The highest BCUT2D eigenvalue weighted by Gasteiger charge is 2.16. The Hall–Kier alpha value is -1.98. The molecule has 0 N–H and O–H groups in total. The van der Waals surface area contributed by atoms with Crippen LogP contribution in [0, 0.1) is 17.0 Å². The minimum Gasteiger partial charge on any atom is -0.258 e. The van der Waals surface area contributed by atoms with Gasteiger partial charge in [0.1, 0.15) is 0 Å². The van der Waals surface area contributed by atoms with Crippen LogP contribution in [0.1, 0.15) is 5.56 Å². The van der Waals surface area contributed by atoms with E-state index in [1.165, 1.54) is 10.7 Å². The molecule has 0 amide bonds.